The molecular formula is C22H18N4O2. The summed E-state index contributed by atoms with van der Waals surface area (Å²) in [5, 5.41) is 14.5. The second-order valence-corrected chi connectivity index (χ2v) is 6.41. The second-order valence-electron chi connectivity index (χ2n) is 6.41. The first-order chi connectivity index (χ1) is 13.7. The van der Waals surface area contributed by atoms with Gasteiger partial charge in [-0.25, -0.2) is 9.97 Å². The van der Waals surface area contributed by atoms with Crippen molar-refractivity contribution in [2.45, 2.75) is 12.8 Å². The minimum absolute atomic E-state index is 0.110. The van der Waals surface area contributed by atoms with Crippen molar-refractivity contribution in [2.24, 2.45) is 0 Å². The maximum Gasteiger partial charge on any atom is 0.224 e. The van der Waals surface area contributed by atoms with E-state index in [4.69, 9.17) is 0 Å². The van der Waals surface area contributed by atoms with Gasteiger partial charge >= 0.3 is 0 Å². The predicted molar refractivity (Wildman–Crippen MR) is 108 cm³/mol. The van der Waals surface area contributed by atoms with Crippen LogP contribution in [0.4, 0.5) is 5.69 Å². The van der Waals surface area contributed by atoms with Crippen molar-refractivity contribution in [1.29, 1.82) is 0 Å². The number of anilines is 1. The van der Waals surface area contributed by atoms with Gasteiger partial charge < -0.3 is 10.4 Å². The van der Waals surface area contributed by atoms with E-state index in [0.717, 1.165) is 16.3 Å². The summed E-state index contributed by atoms with van der Waals surface area (Å²) < 4.78 is 0. The molecule has 2 heterocycles. The molecule has 0 radical (unpaired) electrons. The van der Waals surface area contributed by atoms with Gasteiger partial charge in [0.2, 0.25) is 5.91 Å². The van der Waals surface area contributed by atoms with Crippen LogP contribution in [0, 0.1) is 0 Å². The molecule has 0 spiro atoms. The van der Waals surface area contributed by atoms with Crippen LogP contribution in [0.25, 0.3) is 22.2 Å². The number of nitrogens with one attached hydrogen (secondary N) is 1. The standard InChI is InChI=1S/C22H18N4O2/c27-19-6-3-5-15(10-19)22-24-13-18(14-25-22)26-21(28)9-8-17-12-23-11-16-4-1-2-7-20(16)17/h1-7,10-14,27H,8-9H2,(H,26,28). The van der Waals surface area contributed by atoms with Crippen LogP contribution in [0.2, 0.25) is 0 Å². The summed E-state index contributed by atoms with van der Waals surface area (Å²) >= 11 is 0. The first kappa shape index (κ1) is 17.6. The summed E-state index contributed by atoms with van der Waals surface area (Å²) in [7, 11) is 0. The number of fused-ring (bicyclic) bond motifs is 1. The van der Waals surface area contributed by atoms with E-state index in [2.05, 4.69) is 20.3 Å². The average molecular weight is 370 g/mol. The van der Waals surface area contributed by atoms with Gasteiger partial charge in [-0.15, -0.1) is 0 Å². The molecule has 0 atom stereocenters. The molecule has 0 fully saturated rings. The Bertz CT molecular complexity index is 1120. The van der Waals surface area contributed by atoms with E-state index in [0.29, 0.717) is 29.9 Å². The van der Waals surface area contributed by atoms with Crippen molar-refractivity contribution in [2.75, 3.05) is 5.32 Å². The van der Waals surface area contributed by atoms with Crippen molar-refractivity contribution >= 4 is 22.4 Å². The van der Waals surface area contributed by atoms with E-state index < -0.39 is 0 Å². The maximum atomic E-state index is 12.3. The Hall–Kier alpha value is -3.80. The van der Waals surface area contributed by atoms with Crippen molar-refractivity contribution < 1.29 is 9.90 Å². The summed E-state index contributed by atoms with van der Waals surface area (Å²) in [5.41, 5.74) is 2.29. The van der Waals surface area contributed by atoms with Gasteiger partial charge in [0.15, 0.2) is 5.82 Å². The molecule has 4 aromatic rings. The lowest BCUT2D eigenvalue weighted by molar-refractivity contribution is -0.116. The molecule has 2 N–H and O–H groups in total. The number of aromatic nitrogens is 3. The van der Waals surface area contributed by atoms with Crippen LogP contribution in [0.3, 0.4) is 0 Å². The number of benzene rings is 2. The van der Waals surface area contributed by atoms with Gasteiger partial charge in [0.1, 0.15) is 5.75 Å². The highest BCUT2D eigenvalue weighted by molar-refractivity contribution is 5.91. The predicted octanol–water partition coefficient (Wildman–Crippen LogP) is 3.97. The Labute approximate surface area is 161 Å². The van der Waals surface area contributed by atoms with E-state index in [1.165, 1.54) is 0 Å². The molecule has 6 nitrogen and oxygen atoms in total. The van der Waals surface area contributed by atoms with Crippen LogP contribution in [-0.4, -0.2) is 26.0 Å². The number of pyridine rings is 1. The molecule has 0 saturated heterocycles. The highest BCUT2D eigenvalue weighted by atomic mass is 16.3. The quantitative estimate of drug-likeness (QED) is 0.555. The molecule has 0 aliphatic rings. The number of phenols is 1. The summed E-state index contributed by atoms with van der Waals surface area (Å²) in [6.07, 6.45) is 7.69. The van der Waals surface area contributed by atoms with Gasteiger partial charge in [-0.3, -0.25) is 9.78 Å². The van der Waals surface area contributed by atoms with Crippen LogP contribution in [-0.2, 0) is 11.2 Å². The normalized spacial score (nSPS) is 10.7. The minimum Gasteiger partial charge on any atom is -0.508 e. The van der Waals surface area contributed by atoms with Crippen LogP contribution in [0.5, 0.6) is 5.75 Å². The third kappa shape index (κ3) is 3.96. The van der Waals surface area contributed by atoms with Crippen LogP contribution >= 0.6 is 0 Å². The fraction of sp³-hybridized carbons (Fsp3) is 0.0909. The molecule has 2 aromatic carbocycles. The summed E-state index contributed by atoms with van der Waals surface area (Å²) in [5.74, 6) is 0.527. The number of phenolic OH excluding ortho intramolecular Hbond substituents is 1. The monoisotopic (exact) mass is 370 g/mol. The molecule has 1 amide bonds. The number of nitrogens with zero attached hydrogens (tertiary/aromatic N) is 3. The molecule has 0 saturated carbocycles. The first-order valence-electron chi connectivity index (χ1n) is 8.92. The third-order valence-electron chi connectivity index (χ3n) is 4.41. The fourth-order valence-corrected chi connectivity index (χ4v) is 3.04. The lowest BCUT2D eigenvalue weighted by atomic mass is 10.0. The van der Waals surface area contributed by atoms with Gasteiger partial charge in [0, 0.05) is 29.8 Å². The van der Waals surface area contributed by atoms with Gasteiger partial charge in [-0.2, -0.15) is 0 Å². The van der Waals surface area contributed by atoms with Crippen molar-refractivity contribution in [3.8, 4) is 17.1 Å². The topological polar surface area (TPSA) is 88.0 Å². The Kier molecular flexibility index (Phi) is 4.93. The first-order valence-corrected chi connectivity index (χ1v) is 8.92. The fourth-order valence-electron chi connectivity index (χ4n) is 3.04. The number of aromatic hydroxyl groups is 1. The lowest BCUT2D eigenvalue weighted by Crippen LogP contribution is -2.13. The van der Waals surface area contributed by atoms with Crippen LogP contribution < -0.4 is 5.32 Å². The largest absolute Gasteiger partial charge is 0.508 e. The second kappa shape index (κ2) is 7.84. The molecule has 0 bridgehead atoms. The molecule has 4 rings (SSSR count). The van der Waals surface area contributed by atoms with Gasteiger partial charge in [0.25, 0.3) is 0 Å². The number of hydrogen-bond acceptors (Lipinski definition) is 5. The van der Waals surface area contributed by atoms with E-state index in [9.17, 15) is 9.90 Å². The zero-order chi connectivity index (χ0) is 19.3. The number of carbonyl (C=O) groups excluding carboxylic acids is 1. The molecule has 138 valence electrons. The minimum atomic E-state index is -0.110. The average Bonchev–Trinajstić information content (AvgIpc) is 2.73. The molecule has 28 heavy (non-hydrogen) atoms. The van der Waals surface area contributed by atoms with Gasteiger partial charge in [-0.05, 0) is 29.5 Å². The van der Waals surface area contributed by atoms with Crippen LogP contribution in [0.15, 0.2) is 73.3 Å². The summed E-state index contributed by atoms with van der Waals surface area (Å²) in [4.78, 5) is 25.1. The van der Waals surface area contributed by atoms with Crippen molar-refractivity contribution in [3.05, 3.63) is 78.9 Å². The van der Waals surface area contributed by atoms with E-state index >= 15 is 0 Å². The molecule has 0 unspecified atom stereocenters. The van der Waals surface area contributed by atoms with Crippen LogP contribution in [0.1, 0.15) is 12.0 Å². The highest BCUT2D eigenvalue weighted by Gasteiger charge is 2.08. The van der Waals surface area contributed by atoms with Crippen molar-refractivity contribution in [3.63, 3.8) is 0 Å². The van der Waals surface area contributed by atoms with E-state index in [1.54, 1.807) is 30.6 Å². The SMILES string of the molecule is O=C(CCc1cncc2ccccc12)Nc1cnc(-c2cccc(O)c2)nc1. The maximum absolute atomic E-state index is 12.3. The third-order valence-corrected chi connectivity index (χ3v) is 4.41. The van der Waals surface area contributed by atoms with Crippen molar-refractivity contribution in [1.82, 2.24) is 15.0 Å². The molecule has 6 heteroatoms. The smallest absolute Gasteiger partial charge is 0.224 e. The molecule has 0 aliphatic heterocycles. The number of amides is 1. The zero-order valence-electron chi connectivity index (χ0n) is 15.0. The Morgan fingerprint density at radius 1 is 0.964 bits per heavy atom. The highest BCUT2D eigenvalue weighted by Crippen LogP contribution is 2.21. The molecule has 0 aliphatic carbocycles. The van der Waals surface area contributed by atoms with E-state index in [-0.39, 0.29) is 11.7 Å². The lowest BCUT2D eigenvalue weighted by Gasteiger charge is -2.07. The number of hydrogen-bond donors (Lipinski definition) is 2. The number of carbonyl (C=O) groups is 1. The Morgan fingerprint density at radius 3 is 2.61 bits per heavy atom. The zero-order valence-corrected chi connectivity index (χ0v) is 15.0. The molecular weight excluding hydrogens is 352 g/mol. The number of aryl methyl sites for hydroxylation is 1. The van der Waals surface area contributed by atoms with Gasteiger partial charge in [0.05, 0.1) is 18.1 Å². The van der Waals surface area contributed by atoms with E-state index in [1.807, 2.05) is 42.7 Å². The Balaban J connectivity index is 1.40. The summed E-state index contributed by atoms with van der Waals surface area (Å²) in [6.45, 7) is 0. The van der Waals surface area contributed by atoms with Gasteiger partial charge in [-0.1, -0.05) is 36.4 Å². The number of rotatable bonds is 5. The Morgan fingerprint density at radius 2 is 1.79 bits per heavy atom. The summed E-state index contributed by atoms with van der Waals surface area (Å²) in [6, 6.07) is 14.7. The molecule has 2 aromatic heterocycles.